The van der Waals surface area contributed by atoms with Crippen LogP contribution in [0.3, 0.4) is 0 Å². The molecule has 0 aromatic heterocycles. The van der Waals surface area contributed by atoms with Crippen molar-refractivity contribution in [3.63, 3.8) is 0 Å². The Bertz CT molecular complexity index is 390. The van der Waals surface area contributed by atoms with Gasteiger partial charge < -0.3 is 15.3 Å². The third kappa shape index (κ3) is 3.97. The molecule has 0 spiro atoms. The molecular formula is C17H28N2O. The van der Waals surface area contributed by atoms with Gasteiger partial charge in [0.1, 0.15) is 0 Å². The Hall–Kier alpha value is -1.06. The molecule has 20 heavy (non-hydrogen) atoms. The molecule has 0 radical (unpaired) electrons. The van der Waals surface area contributed by atoms with Gasteiger partial charge in [-0.15, -0.1) is 0 Å². The molecule has 2 unspecified atom stereocenters. The van der Waals surface area contributed by atoms with E-state index in [4.69, 9.17) is 0 Å². The van der Waals surface area contributed by atoms with Crippen LogP contribution in [0.15, 0.2) is 24.3 Å². The fourth-order valence-corrected chi connectivity index (χ4v) is 2.90. The van der Waals surface area contributed by atoms with Crippen LogP contribution in [0, 0.1) is 5.92 Å². The molecule has 3 nitrogen and oxygen atoms in total. The van der Waals surface area contributed by atoms with Gasteiger partial charge in [0.05, 0.1) is 0 Å². The molecule has 1 fully saturated rings. The van der Waals surface area contributed by atoms with Crippen LogP contribution in [0.4, 0.5) is 5.69 Å². The predicted octanol–water partition coefficient (Wildman–Crippen LogP) is 2.96. The maximum absolute atomic E-state index is 9.32. The van der Waals surface area contributed by atoms with Crippen molar-refractivity contribution in [3.8, 4) is 0 Å². The number of piperidine rings is 1. The molecule has 1 heterocycles. The van der Waals surface area contributed by atoms with Gasteiger partial charge in [-0.25, -0.2) is 0 Å². The summed E-state index contributed by atoms with van der Waals surface area (Å²) in [5.74, 6) is 0.438. The fraction of sp³-hybridized carbons (Fsp3) is 0.647. The summed E-state index contributed by atoms with van der Waals surface area (Å²) in [5.41, 5.74) is 2.63. The molecule has 0 amide bonds. The molecule has 1 aliphatic heterocycles. The smallest absolute Gasteiger partial charge is 0.0476 e. The number of nitrogens with one attached hydrogen (secondary N) is 1. The molecule has 1 aromatic carbocycles. The Balaban J connectivity index is 1.97. The quantitative estimate of drug-likeness (QED) is 0.838. The van der Waals surface area contributed by atoms with Gasteiger partial charge in [-0.3, -0.25) is 0 Å². The number of hydrogen-bond donors (Lipinski definition) is 2. The first kappa shape index (κ1) is 15.3. The van der Waals surface area contributed by atoms with Crippen LogP contribution in [0.1, 0.15) is 44.7 Å². The highest BCUT2D eigenvalue weighted by molar-refractivity contribution is 5.48. The zero-order chi connectivity index (χ0) is 14.4. The Morgan fingerprint density at radius 3 is 2.75 bits per heavy atom. The highest BCUT2D eigenvalue weighted by atomic mass is 16.3. The van der Waals surface area contributed by atoms with Gasteiger partial charge in [-0.05, 0) is 56.3 Å². The molecule has 2 atom stereocenters. The van der Waals surface area contributed by atoms with E-state index in [-0.39, 0.29) is 0 Å². The van der Waals surface area contributed by atoms with E-state index in [0.29, 0.717) is 18.6 Å². The maximum Gasteiger partial charge on any atom is 0.0476 e. The van der Waals surface area contributed by atoms with Crippen molar-refractivity contribution in [3.05, 3.63) is 29.8 Å². The second kappa shape index (κ2) is 7.65. The minimum absolute atomic E-state index is 0.312. The van der Waals surface area contributed by atoms with E-state index in [1.807, 2.05) is 0 Å². The first-order chi connectivity index (χ1) is 9.74. The molecular weight excluding hydrogens is 248 g/mol. The van der Waals surface area contributed by atoms with E-state index in [2.05, 4.69) is 48.3 Å². The third-order valence-electron chi connectivity index (χ3n) is 4.24. The lowest BCUT2D eigenvalue weighted by Crippen LogP contribution is -2.36. The SMILES string of the molecule is CCCNC(C)c1ccc(N2CCCC(CO)C2)cc1. The molecule has 1 aromatic rings. The van der Waals surface area contributed by atoms with E-state index in [1.54, 1.807) is 0 Å². The zero-order valence-corrected chi connectivity index (χ0v) is 12.8. The van der Waals surface area contributed by atoms with Gasteiger partial charge in [0.25, 0.3) is 0 Å². The lowest BCUT2D eigenvalue weighted by Gasteiger charge is -2.33. The van der Waals surface area contributed by atoms with Crippen LogP contribution < -0.4 is 10.2 Å². The summed E-state index contributed by atoms with van der Waals surface area (Å²) < 4.78 is 0. The number of hydrogen-bond acceptors (Lipinski definition) is 3. The first-order valence-corrected chi connectivity index (χ1v) is 7.93. The lowest BCUT2D eigenvalue weighted by atomic mass is 9.98. The van der Waals surface area contributed by atoms with E-state index in [9.17, 15) is 5.11 Å². The molecule has 0 aliphatic carbocycles. The van der Waals surface area contributed by atoms with Crippen LogP contribution in [0.5, 0.6) is 0 Å². The Morgan fingerprint density at radius 2 is 2.10 bits per heavy atom. The van der Waals surface area contributed by atoms with Gasteiger partial charge in [0.2, 0.25) is 0 Å². The summed E-state index contributed by atoms with van der Waals surface area (Å²) in [4.78, 5) is 2.40. The van der Waals surface area contributed by atoms with Crippen molar-refractivity contribution in [1.29, 1.82) is 0 Å². The Kier molecular flexibility index (Phi) is 5.86. The molecule has 1 saturated heterocycles. The molecule has 0 saturated carbocycles. The van der Waals surface area contributed by atoms with Crippen molar-refractivity contribution < 1.29 is 5.11 Å². The van der Waals surface area contributed by atoms with E-state index >= 15 is 0 Å². The average Bonchev–Trinajstić information content (AvgIpc) is 2.52. The molecule has 1 aliphatic rings. The van der Waals surface area contributed by atoms with E-state index < -0.39 is 0 Å². The van der Waals surface area contributed by atoms with Crippen molar-refractivity contribution in [2.24, 2.45) is 5.92 Å². The van der Waals surface area contributed by atoms with Gasteiger partial charge >= 0.3 is 0 Å². The summed E-state index contributed by atoms with van der Waals surface area (Å²) in [6.07, 6.45) is 3.50. The number of benzene rings is 1. The number of rotatable bonds is 6. The zero-order valence-electron chi connectivity index (χ0n) is 12.8. The Morgan fingerprint density at radius 1 is 1.35 bits per heavy atom. The number of aliphatic hydroxyl groups is 1. The summed E-state index contributed by atoms with van der Waals surface area (Å²) in [6, 6.07) is 9.31. The average molecular weight is 276 g/mol. The van der Waals surface area contributed by atoms with Crippen LogP contribution in [-0.2, 0) is 0 Å². The number of anilines is 1. The normalized spacial score (nSPS) is 20.9. The monoisotopic (exact) mass is 276 g/mol. The third-order valence-corrected chi connectivity index (χ3v) is 4.24. The first-order valence-electron chi connectivity index (χ1n) is 7.93. The minimum Gasteiger partial charge on any atom is -0.396 e. The molecule has 0 bridgehead atoms. The highest BCUT2D eigenvalue weighted by Gasteiger charge is 2.19. The standard InChI is InChI=1S/C17H28N2O/c1-3-10-18-14(2)16-6-8-17(9-7-16)19-11-4-5-15(12-19)13-20/h6-9,14-15,18,20H,3-5,10-13H2,1-2H3. The Labute approximate surface area is 123 Å². The van der Waals surface area contributed by atoms with Crippen molar-refractivity contribution in [2.45, 2.75) is 39.2 Å². The summed E-state index contributed by atoms with van der Waals surface area (Å²) >= 11 is 0. The van der Waals surface area contributed by atoms with Gasteiger partial charge in [-0.1, -0.05) is 19.1 Å². The second-order valence-electron chi connectivity index (χ2n) is 5.90. The van der Waals surface area contributed by atoms with Crippen LogP contribution >= 0.6 is 0 Å². The van der Waals surface area contributed by atoms with Gasteiger partial charge in [-0.2, -0.15) is 0 Å². The largest absolute Gasteiger partial charge is 0.396 e. The van der Waals surface area contributed by atoms with Gasteiger partial charge in [0, 0.05) is 31.4 Å². The van der Waals surface area contributed by atoms with Crippen molar-refractivity contribution >= 4 is 5.69 Å². The molecule has 2 rings (SSSR count). The van der Waals surface area contributed by atoms with Gasteiger partial charge in [0.15, 0.2) is 0 Å². The molecule has 2 N–H and O–H groups in total. The topological polar surface area (TPSA) is 35.5 Å². The van der Waals surface area contributed by atoms with Crippen molar-refractivity contribution in [1.82, 2.24) is 5.32 Å². The predicted molar refractivity (Wildman–Crippen MR) is 85.2 cm³/mol. The highest BCUT2D eigenvalue weighted by Crippen LogP contribution is 2.24. The maximum atomic E-state index is 9.32. The minimum atomic E-state index is 0.312. The molecule has 3 heteroatoms. The summed E-state index contributed by atoms with van der Waals surface area (Å²) in [5, 5.41) is 12.8. The summed E-state index contributed by atoms with van der Waals surface area (Å²) in [7, 11) is 0. The lowest BCUT2D eigenvalue weighted by molar-refractivity contribution is 0.209. The summed E-state index contributed by atoms with van der Waals surface area (Å²) in [6.45, 7) is 7.88. The second-order valence-corrected chi connectivity index (χ2v) is 5.90. The number of aliphatic hydroxyl groups excluding tert-OH is 1. The van der Waals surface area contributed by atoms with Crippen LogP contribution in [0.2, 0.25) is 0 Å². The fourth-order valence-electron chi connectivity index (χ4n) is 2.90. The number of nitrogens with zero attached hydrogens (tertiary/aromatic N) is 1. The molecule has 112 valence electrons. The van der Waals surface area contributed by atoms with E-state index in [1.165, 1.54) is 24.1 Å². The van der Waals surface area contributed by atoms with Crippen LogP contribution in [0.25, 0.3) is 0 Å². The van der Waals surface area contributed by atoms with Crippen LogP contribution in [-0.4, -0.2) is 31.3 Å². The van der Waals surface area contributed by atoms with Crippen molar-refractivity contribution in [2.75, 3.05) is 31.1 Å². The van der Waals surface area contributed by atoms with E-state index in [0.717, 1.165) is 26.1 Å².